The summed E-state index contributed by atoms with van der Waals surface area (Å²) < 4.78 is 0.259. The molecule has 1 aromatic rings. The number of halogens is 3. The van der Waals surface area contributed by atoms with Gasteiger partial charge in [-0.2, -0.15) is 0 Å². The maximum absolute atomic E-state index is 5.79. The molecule has 0 N–H and O–H groups in total. The van der Waals surface area contributed by atoms with Gasteiger partial charge in [-0.05, 0) is 12.8 Å². The Morgan fingerprint density at radius 3 is 2.29 bits per heavy atom. The van der Waals surface area contributed by atoms with Crippen molar-refractivity contribution in [2.24, 2.45) is 0 Å². The van der Waals surface area contributed by atoms with Crippen molar-refractivity contribution >= 4 is 34.8 Å². The van der Waals surface area contributed by atoms with Gasteiger partial charge in [0.2, 0.25) is 3.79 Å². The molecule has 0 spiro atoms. The molecule has 0 aromatic carbocycles. The standard InChI is InChI=1S/C8H12Cl3N3/c1-4-14-6(5(2)3)7(12-13-14)8(9,10)11/h5H,4H2,1-3H3. The van der Waals surface area contributed by atoms with E-state index in [1.807, 2.05) is 20.8 Å². The number of aryl methyl sites for hydroxylation is 1. The number of alkyl halides is 3. The van der Waals surface area contributed by atoms with Crippen LogP contribution in [0, 0.1) is 0 Å². The zero-order valence-corrected chi connectivity index (χ0v) is 10.5. The Morgan fingerprint density at radius 1 is 1.36 bits per heavy atom. The van der Waals surface area contributed by atoms with Crippen molar-refractivity contribution in [2.45, 2.75) is 37.0 Å². The monoisotopic (exact) mass is 255 g/mol. The fourth-order valence-electron chi connectivity index (χ4n) is 1.33. The van der Waals surface area contributed by atoms with Crippen LogP contribution in [-0.4, -0.2) is 15.0 Å². The van der Waals surface area contributed by atoms with E-state index < -0.39 is 3.79 Å². The number of hydrogen-bond donors (Lipinski definition) is 0. The van der Waals surface area contributed by atoms with Crippen molar-refractivity contribution in [1.29, 1.82) is 0 Å². The van der Waals surface area contributed by atoms with Gasteiger partial charge >= 0.3 is 0 Å². The molecule has 0 saturated carbocycles. The van der Waals surface area contributed by atoms with Crippen molar-refractivity contribution in [3.05, 3.63) is 11.4 Å². The normalized spacial score (nSPS) is 12.5. The predicted molar refractivity (Wildman–Crippen MR) is 59.0 cm³/mol. The Bertz CT molecular complexity index is 314. The first-order chi connectivity index (χ1) is 6.38. The first-order valence-electron chi connectivity index (χ1n) is 4.38. The van der Waals surface area contributed by atoms with Crippen LogP contribution >= 0.6 is 34.8 Å². The van der Waals surface area contributed by atoms with E-state index in [2.05, 4.69) is 10.3 Å². The van der Waals surface area contributed by atoms with Gasteiger partial charge in [0.15, 0.2) is 0 Å². The average molecular weight is 257 g/mol. The highest BCUT2D eigenvalue weighted by Gasteiger charge is 2.32. The van der Waals surface area contributed by atoms with Crippen LogP contribution in [0.4, 0.5) is 0 Å². The van der Waals surface area contributed by atoms with Gasteiger partial charge in [-0.1, -0.05) is 53.9 Å². The summed E-state index contributed by atoms with van der Waals surface area (Å²) in [7, 11) is 0. The largest absolute Gasteiger partial charge is 0.249 e. The first kappa shape index (κ1) is 12.1. The summed E-state index contributed by atoms with van der Waals surface area (Å²) in [6, 6.07) is 0. The van der Waals surface area contributed by atoms with Gasteiger partial charge in [-0.25, -0.2) is 4.68 Å². The summed E-state index contributed by atoms with van der Waals surface area (Å²) >= 11 is 17.4. The minimum absolute atomic E-state index is 0.232. The van der Waals surface area contributed by atoms with Gasteiger partial charge in [-0.15, -0.1) is 5.10 Å². The zero-order chi connectivity index (χ0) is 10.9. The SMILES string of the molecule is CCn1nnc(C(Cl)(Cl)Cl)c1C(C)C. The Balaban J connectivity index is 3.25. The van der Waals surface area contributed by atoms with E-state index in [0.29, 0.717) is 5.69 Å². The predicted octanol–water partition coefficient (Wildman–Crippen LogP) is 3.25. The lowest BCUT2D eigenvalue weighted by molar-refractivity contribution is 0.579. The minimum Gasteiger partial charge on any atom is -0.249 e. The van der Waals surface area contributed by atoms with Crippen molar-refractivity contribution in [3.63, 3.8) is 0 Å². The van der Waals surface area contributed by atoms with Crippen molar-refractivity contribution < 1.29 is 0 Å². The molecule has 0 radical (unpaired) electrons. The molecule has 1 aromatic heterocycles. The molecule has 80 valence electrons. The molecule has 0 aliphatic heterocycles. The Hall–Kier alpha value is 0.01000. The third kappa shape index (κ3) is 2.33. The number of hydrogen-bond acceptors (Lipinski definition) is 2. The van der Waals surface area contributed by atoms with E-state index in [1.165, 1.54) is 0 Å². The van der Waals surface area contributed by atoms with E-state index >= 15 is 0 Å². The molecule has 0 fully saturated rings. The van der Waals surface area contributed by atoms with Crippen LogP contribution in [0.25, 0.3) is 0 Å². The fourth-order valence-corrected chi connectivity index (χ4v) is 1.73. The van der Waals surface area contributed by atoms with Crippen LogP contribution in [0.3, 0.4) is 0 Å². The fraction of sp³-hybridized carbons (Fsp3) is 0.750. The smallest absolute Gasteiger partial charge is 0.236 e. The molecule has 0 bridgehead atoms. The van der Waals surface area contributed by atoms with Crippen molar-refractivity contribution in [3.8, 4) is 0 Å². The molecule has 0 unspecified atom stereocenters. The summed E-state index contributed by atoms with van der Waals surface area (Å²) in [6.45, 7) is 6.74. The van der Waals surface area contributed by atoms with E-state index in [1.54, 1.807) is 4.68 Å². The van der Waals surface area contributed by atoms with Crippen LogP contribution in [0.2, 0.25) is 0 Å². The number of nitrogens with zero attached hydrogens (tertiary/aromatic N) is 3. The van der Waals surface area contributed by atoms with Crippen LogP contribution in [0.5, 0.6) is 0 Å². The lowest BCUT2D eigenvalue weighted by Crippen LogP contribution is -2.10. The van der Waals surface area contributed by atoms with Crippen LogP contribution in [-0.2, 0) is 10.3 Å². The van der Waals surface area contributed by atoms with E-state index in [0.717, 1.165) is 12.2 Å². The molecule has 6 heteroatoms. The maximum Gasteiger partial charge on any atom is 0.236 e. The minimum atomic E-state index is -1.49. The second kappa shape index (κ2) is 4.25. The van der Waals surface area contributed by atoms with Gasteiger partial charge in [0.05, 0.1) is 5.69 Å². The van der Waals surface area contributed by atoms with E-state index in [4.69, 9.17) is 34.8 Å². The molecule has 1 heterocycles. The quantitative estimate of drug-likeness (QED) is 0.761. The molecule has 1 rings (SSSR count). The summed E-state index contributed by atoms with van der Waals surface area (Å²) in [5.41, 5.74) is 1.31. The highest BCUT2D eigenvalue weighted by molar-refractivity contribution is 6.66. The van der Waals surface area contributed by atoms with Gasteiger partial charge in [0.1, 0.15) is 5.69 Å². The molecule has 0 aliphatic carbocycles. The molecule has 0 amide bonds. The third-order valence-electron chi connectivity index (χ3n) is 1.89. The molecule has 3 nitrogen and oxygen atoms in total. The van der Waals surface area contributed by atoms with Crippen molar-refractivity contribution in [2.75, 3.05) is 0 Å². The van der Waals surface area contributed by atoms with Crippen LogP contribution in [0.15, 0.2) is 0 Å². The van der Waals surface area contributed by atoms with E-state index in [9.17, 15) is 0 Å². The number of rotatable bonds is 2. The molecular formula is C8H12Cl3N3. The highest BCUT2D eigenvalue weighted by Crippen LogP contribution is 2.40. The second-order valence-corrected chi connectivity index (χ2v) is 5.57. The van der Waals surface area contributed by atoms with Gasteiger partial charge in [-0.3, -0.25) is 0 Å². The maximum atomic E-state index is 5.79. The lowest BCUT2D eigenvalue weighted by Gasteiger charge is -2.13. The summed E-state index contributed by atoms with van der Waals surface area (Å²) in [5, 5.41) is 7.83. The molecule has 14 heavy (non-hydrogen) atoms. The highest BCUT2D eigenvalue weighted by atomic mass is 35.6. The molecular weight excluding hydrogens is 244 g/mol. The Labute approximate surface area is 98.3 Å². The molecule has 0 aliphatic rings. The second-order valence-electron chi connectivity index (χ2n) is 3.29. The Morgan fingerprint density at radius 2 is 1.93 bits per heavy atom. The third-order valence-corrected chi connectivity index (χ3v) is 2.43. The van der Waals surface area contributed by atoms with Crippen molar-refractivity contribution in [1.82, 2.24) is 15.0 Å². The van der Waals surface area contributed by atoms with Gasteiger partial charge in [0, 0.05) is 6.54 Å². The Kier molecular flexibility index (Phi) is 3.67. The molecule has 0 saturated heterocycles. The average Bonchev–Trinajstić information content (AvgIpc) is 2.45. The lowest BCUT2D eigenvalue weighted by atomic mass is 10.1. The summed E-state index contributed by atoms with van der Waals surface area (Å²) in [6.07, 6.45) is 0. The summed E-state index contributed by atoms with van der Waals surface area (Å²) in [4.78, 5) is 0. The van der Waals surface area contributed by atoms with Gasteiger partial charge in [0.25, 0.3) is 0 Å². The number of aromatic nitrogens is 3. The van der Waals surface area contributed by atoms with Gasteiger partial charge < -0.3 is 0 Å². The topological polar surface area (TPSA) is 30.7 Å². The summed E-state index contributed by atoms with van der Waals surface area (Å²) in [5.74, 6) is 0.232. The van der Waals surface area contributed by atoms with Crippen LogP contribution in [0.1, 0.15) is 38.1 Å². The van der Waals surface area contributed by atoms with E-state index in [-0.39, 0.29) is 5.92 Å². The zero-order valence-electron chi connectivity index (χ0n) is 8.26. The first-order valence-corrected chi connectivity index (χ1v) is 5.51. The molecule has 0 atom stereocenters. The van der Waals surface area contributed by atoms with Crippen LogP contribution < -0.4 is 0 Å².